The predicted molar refractivity (Wildman–Crippen MR) is 60.6 cm³/mol. The molecule has 0 aliphatic rings. The van der Waals surface area contributed by atoms with Crippen LogP contribution in [-0.4, -0.2) is 4.57 Å². The quantitative estimate of drug-likeness (QED) is 0.778. The third-order valence-corrected chi connectivity index (χ3v) is 2.21. The second-order valence-corrected chi connectivity index (χ2v) is 3.60. The molecule has 3 nitrogen and oxygen atoms in total. The molecule has 0 atom stereocenters. The Balaban J connectivity index is 2.26. The van der Waals surface area contributed by atoms with Crippen LogP contribution in [-0.2, 0) is 6.54 Å². The minimum Gasteiger partial charge on any atom is -0.399 e. The summed E-state index contributed by atoms with van der Waals surface area (Å²) in [6, 6.07) is 7.33. The van der Waals surface area contributed by atoms with Crippen LogP contribution >= 0.6 is 0 Å². The van der Waals surface area contributed by atoms with Crippen molar-refractivity contribution >= 4 is 5.69 Å². The van der Waals surface area contributed by atoms with Crippen LogP contribution < -0.4 is 11.2 Å². The van der Waals surface area contributed by atoms with E-state index in [1.54, 1.807) is 23.0 Å². The third-order valence-electron chi connectivity index (χ3n) is 2.21. The number of halogens is 1. The summed E-state index contributed by atoms with van der Waals surface area (Å²) in [7, 11) is 0. The van der Waals surface area contributed by atoms with Gasteiger partial charge in [-0.2, -0.15) is 0 Å². The molecule has 2 N–H and O–H groups in total. The van der Waals surface area contributed by atoms with E-state index in [2.05, 4.69) is 0 Å². The lowest BCUT2D eigenvalue weighted by Crippen LogP contribution is -2.05. The van der Waals surface area contributed by atoms with Crippen LogP contribution in [0.5, 0.6) is 0 Å². The van der Waals surface area contributed by atoms with Crippen LogP contribution in [0.4, 0.5) is 10.1 Å². The van der Waals surface area contributed by atoms with Gasteiger partial charge >= 0.3 is 0 Å². The molecule has 0 bridgehead atoms. The molecule has 2 aromatic rings. The molecule has 4 heteroatoms. The number of anilines is 1. The maximum atomic E-state index is 13.1. The van der Waals surface area contributed by atoms with Crippen molar-refractivity contribution in [3.63, 3.8) is 0 Å². The van der Waals surface area contributed by atoms with Crippen molar-refractivity contribution in [2.75, 3.05) is 5.73 Å². The average Bonchev–Trinajstić information content (AvgIpc) is 2.20. The maximum Gasteiger partial charge on any atom is 0.181 e. The SMILES string of the molecule is Nc1cc(F)cc(Cn2ccc(=O)cc2)c1. The molecule has 16 heavy (non-hydrogen) atoms. The largest absolute Gasteiger partial charge is 0.399 e. The monoisotopic (exact) mass is 218 g/mol. The minimum atomic E-state index is -0.351. The van der Waals surface area contributed by atoms with Crippen molar-refractivity contribution < 1.29 is 4.39 Å². The van der Waals surface area contributed by atoms with E-state index < -0.39 is 0 Å². The lowest BCUT2D eigenvalue weighted by atomic mass is 10.2. The van der Waals surface area contributed by atoms with Crippen LogP contribution in [0.1, 0.15) is 5.56 Å². The first-order valence-electron chi connectivity index (χ1n) is 4.84. The van der Waals surface area contributed by atoms with Gasteiger partial charge < -0.3 is 10.3 Å². The summed E-state index contributed by atoms with van der Waals surface area (Å²) in [6.45, 7) is 0.488. The molecule has 0 fully saturated rings. The zero-order chi connectivity index (χ0) is 11.5. The van der Waals surface area contributed by atoms with Gasteiger partial charge in [-0.15, -0.1) is 0 Å². The van der Waals surface area contributed by atoms with Crippen LogP contribution in [0.3, 0.4) is 0 Å². The Hall–Kier alpha value is -2.10. The summed E-state index contributed by atoms with van der Waals surface area (Å²) in [4.78, 5) is 10.9. The lowest BCUT2D eigenvalue weighted by molar-refractivity contribution is 0.624. The first kappa shape index (κ1) is 10.4. The van der Waals surface area contributed by atoms with Gasteiger partial charge in [0, 0.05) is 36.8 Å². The first-order chi connectivity index (χ1) is 7.63. The molecule has 0 radical (unpaired) electrons. The molecule has 0 saturated heterocycles. The molecule has 1 aromatic carbocycles. The number of hydrogen-bond donors (Lipinski definition) is 1. The van der Waals surface area contributed by atoms with Gasteiger partial charge in [-0.3, -0.25) is 4.79 Å². The molecule has 0 unspecified atom stereocenters. The van der Waals surface area contributed by atoms with Crippen molar-refractivity contribution in [2.45, 2.75) is 6.54 Å². The van der Waals surface area contributed by atoms with E-state index in [1.807, 2.05) is 0 Å². The van der Waals surface area contributed by atoms with Crippen LogP contribution in [0, 0.1) is 5.82 Å². The van der Waals surface area contributed by atoms with Crippen molar-refractivity contribution in [1.82, 2.24) is 4.57 Å². The highest BCUT2D eigenvalue weighted by atomic mass is 19.1. The number of nitrogens with two attached hydrogens (primary N) is 1. The van der Waals surface area contributed by atoms with Crippen molar-refractivity contribution in [2.24, 2.45) is 0 Å². The van der Waals surface area contributed by atoms with E-state index in [9.17, 15) is 9.18 Å². The van der Waals surface area contributed by atoms with Gasteiger partial charge in [0.1, 0.15) is 5.82 Å². The normalized spacial score (nSPS) is 10.3. The zero-order valence-corrected chi connectivity index (χ0v) is 8.56. The van der Waals surface area contributed by atoms with Crippen LogP contribution in [0.2, 0.25) is 0 Å². The fourth-order valence-electron chi connectivity index (χ4n) is 1.53. The third kappa shape index (κ3) is 2.48. The zero-order valence-electron chi connectivity index (χ0n) is 8.56. The number of hydrogen-bond acceptors (Lipinski definition) is 2. The molecule has 0 saturated carbocycles. The van der Waals surface area contributed by atoms with Gasteiger partial charge in [0.15, 0.2) is 5.43 Å². The number of aromatic nitrogens is 1. The molecule has 1 aromatic heterocycles. The van der Waals surface area contributed by atoms with Crippen molar-refractivity contribution in [3.05, 3.63) is 64.3 Å². The highest BCUT2D eigenvalue weighted by molar-refractivity contribution is 5.41. The summed E-state index contributed by atoms with van der Waals surface area (Å²) < 4.78 is 14.8. The number of rotatable bonds is 2. The van der Waals surface area contributed by atoms with Gasteiger partial charge in [-0.25, -0.2) is 4.39 Å². The summed E-state index contributed by atoms with van der Waals surface area (Å²) in [6.07, 6.45) is 3.31. The topological polar surface area (TPSA) is 48.0 Å². The van der Waals surface area contributed by atoms with E-state index in [4.69, 9.17) is 5.73 Å². The molecule has 82 valence electrons. The Kier molecular flexibility index (Phi) is 2.72. The summed E-state index contributed by atoms with van der Waals surface area (Å²) in [5.74, 6) is -0.351. The highest BCUT2D eigenvalue weighted by Crippen LogP contribution is 2.11. The Morgan fingerprint density at radius 3 is 2.50 bits per heavy atom. The standard InChI is InChI=1S/C12H11FN2O/c13-10-5-9(6-11(14)7-10)8-15-3-1-12(16)2-4-15/h1-7H,8,14H2. The number of pyridine rings is 1. The number of benzene rings is 1. The Morgan fingerprint density at radius 1 is 1.19 bits per heavy atom. The minimum absolute atomic E-state index is 0.0463. The van der Waals surface area contributed by atoms with Crippen LogP contribution in [0.25, 0.3) is 0 Å². The fourth-order valence-corrected chi connectivity index (χ4v) is 1.53. The molecule has 0 aliphatic carbocycles. The second-order valence-electron chi connectivity index (χ2n) is 3.60. The molecule has 0 aliphatic heterocycles. The van der Waals surface area contributed by atoms with Crippen LogP contribution in [0.15, 0.2) is 47.5 Å². The number of nitrogens with zero attached hydrogens (tertiary/aromatic N) is 1. The van der Waals surface area contributed by atoms with Gasteiger partial charge in [-0.05, 0) is 23.8 Å². The van der Waals surface area contributed by atoms with E-state index >= 15 is 0 Å². The Morgan fingerprint density at radius 2 is 1.88 bits per heavy atom. The molecule has 2 rings (SSSR count). The van der Waals surface area contributed by atoms with E-state index in [0.29, 0.717) is 12.2 Å². The highest BCUT2D eigenvalue weighted by Gasteiger charge is 1.99. The molecular formula is C12H11FN2O. The maximum absolute atomic E-state index is 13.1. The van der Waals surface area contributed by atoms with Gasteiger partial charge in [-0.1, -0.05) is 0 Å². The number of nitrogen functional groups attached to an aromatic ring is 1. The van der Waals surface area contributed by atoms with Gasteiger partial charge in [0.2, 0.25) is 0 Å². The van der Waals surface area contributed by atoms with E-state index in [-0.39, 0.29) is 11.2 Å². The first-order valence-corrected chi connectivity index (χ1v) is 4.84. The Labute approximate surface area is 92.0 Å². The summed E-state index contributed by atoms with van der Waals surface area (Å²) in [5.41, 5.74) is 6.66. The molecular weight excluding hydrogens is 207 g/mol. The van der Waals surface area contributed by atoms with Crippen molar-refractivity contribution in [1.29, 1.82) is 0 Å². The van der Waals surface area contributed by atoms with E-state index in [0.717, 1.165) is 5.56 Å². The average molecular weight is 218 g/mol. The summed E-state index contributed by atoms with van der Waals surface area (Å²) >= 11 is 0. The second kappa shape index (κ2) is 4.18. The van der Waals surface area contributed by atoms with Gasteiger partial charge in [0.25, 0.3) is 0 Å². The fraction of sp³-hybridized carbons (Fsp3) is 0.0833. The summed E-state index contributed by atoms with van der Waals surface area (Å²) in [5, 5.41) is 0. The predicted octanol–water partition coefficient (Wildman–Crippen LogP) is 1.62. The molecule has 0 amide bonds. The smallest absolute Gasteiger partial charge is 0.181 e. The Bertz CT molecular complexity index is 522. The lowest BCUT2D eigenvalue weighted by Gasteiger charge is -2.06. The molecule has 0 spiro atoms. The van der Waals surface area contributed by atoms with Gasteiger partial charge in [0.05, 0.1) is 0 Å². The van der Waals surface area contributed by atoms with Crippen molar-refractivity contribution in [3.8, 4) is 0 Å². The molecule has 1 heterocycles. The van der Waals surface area contributed by atoms with E-state index in [1.165, 1.54) is 24.3 Å².